The van der Waals surface area contributed by atoms with Crippen LogP contribution in [0.2, 0.25) is 0 Å². The first-order chi connectivity index (χ1) is 40.9. The van der Waals surface area contributed by atoms with Gasteiger partial charge in [-0.05, 0) is 112 Å². The Morgan fingerprint density at radius 3 is 1.61 bits per heavy atom. The lowest BCUT2D eigenvalue weighted by Gasteiger charge is -2.72. The topological polar surface area (TPSA) is 457 Å². The molecule has 4 saturated carbocycles. The Kier molecular flexibility index (Phi) is 25.2. The molecule has 0 aromatic heterocycles. The molecule has 0 aromatic rings. The third-order valence-corrected chi connectivity index (χ3v) is 21.6. The van der Waals surface area contributed by atoms with Crippen molar-refractivity contribution in [3.63, 3.8) is 0 Å². The summed E-state index contributed by atoms with van der Waals surface area (Å²) in [7, 11) is 1.77. The number of carboxylic acid groups (broad SMARTS) is 3. The summed E-state index contributed by atoms with van der Waals surface area (Å²) < 4.78 is 38.1. The molecular formula is C61H100O27. The van der Waals surface area contributed by atoms with Gasteiger partial charge >= 0.3 is 23.9 Å². The second kappa shape index (κ2) is 29.5. The number of carbonyl (C=O) groups is 4. The Morgan fingerprint density at radius 2 is 1.18 bits per heavy atom. The highest BCUT2D eigenvalue weighted by molar-refractivity contribution is 5.86. The molecule has 3 aliphatic heterocycles. The van der Waals surface area contributed by atoms with Gasteiger partial charge in [-0.2, -0.15) is 0 Å². The zero-order chi connectivity index (χ0) is 66.7. The number of carboxylic acids is 3. The van der Waals surface area contributed by atoms with E-state index in [0.717, 1.165) is 32.1 Å². The van der Waals surface area contributed by atoms with E-state index >= 15 is 0 Å². The molecule has 8 rings (SSSR count). The van der Waals surface area contributed by atoms with Crippen LogP contribution in [0.3, 0.4) is 0 Å². The van der Waals surface area contributed by atoms with Crippen LogP contribution in [0.15, 0.2) is 34.9 Å². The molecular weight excluding hydrogens is 1160 g/mol. The number of aliphatic hydroxyl groups excluding tert-OH is 13. The molecule has 0 bridgehead atoms. The van der Waals surface area contributed by atoms with Crippen LogP contribution in [0.1, 0.15) is 121 Å². The van der Waals surface area contributed by atoms with Crippen molar-refractivity contribution in [1.82, 2.24) is 0 Å². The summed E-state index contributed by atoms with van der Waals surface area (Å²) in [6.07, 6.45) is -15.1. The molecule has 8 aliphatic rings. The van der Waals surface area contributed by atoms with Gasteiger partial charge < -0.3 is 115 Å². The molecule has 0 aromatic carbocycles. The number of hydrogen-bond donors (Lipinski definition) is 16. The Balaban J connectivity index is 0.000000265. The van der Waals surface area contributed by atoms with E-state index in [1.54, 1.807) is 47.0 Å². The second-order valence-electron chi connectivity index (χ2n) is 26.7. The van der Waals surface area contributed by atoms with Gasteiger partial charge in [-0.25, -0.2) is 14.4 Å². The monoisotopic (exact) mass is 1260 g/mol. The molecule has 3 saturated heterocycles. The van der Waals surface area contributed by atoms with Gasteiger partial charge in [-0.1, -0.05) is 65.3 Å². The molecule has 27 heteroatoms. The van der Waals surface area contributed by atoms with Crippen LogP contribution in [0.5, 0.6) is 0 Å². The van der Waals surface area contributed by atoms with E-state index in [1.165, 1.54) is 12.5 Å². The summed E-state index contributed by atoms with van der Waals surface area (Å²) in [4.78, 5) is 43.6. The van der Waals surface area contributed by atoms with Crippen LogP contribution in [0.4, 0.5) is 0 Å². The van der Waals surface area contributed by atoms with E-state index < -0.39 is 159 Å². The minimum absolute atomic E-state index is 0.0172. The Bertz CT molecular complexity index is 2460. The largest absolute Gasteiger partial charge is 0.479 e. The quantitative estimate of drug-likeness (QED) is 0.0629. The van der Waals surface area contributed by atoms with Crippen molar-refractivity contribution in [2.24, 2.45) is 50.2 Å². The predicted molar refractivity (Wildman–Crippen MR) is 307 cm³/mol. The van der Waals surface area contributed by atoms with Gasteiger partial charge in [-0.15, -0.1) is 0 Å². The summed E-state index contributed by atoms with van der Waals surface area (Å²) in [5.41, 5.74) is -0.373. The first-order valence-corrected chi connectivity index (χ1v) is 30.1. The van der Waals surface area contributed by atoms with Crippen LogP contribution in [-0.2, 0) is 52.3 Å². The van der Waals surface area contributed by atoms with Crippen molar-refractivity contribution < 1.29 is 134 Å². The zero-order valence-electron chi connectivity index (χ0n) is 52.5. The maximum absolute atomic E-state index is 12.2. The van der Waals surface area contributed by atoms with Gasteiger partial charge in [0.15, 0.2) is 18.7 Å². The van der Waals surface area contributed by atoms with Crippen molar-refractivity contribution in [1.29, 1.82) is 0 Å². The summed E-state index contributed by atoms with van der Waals surface area (Å²) in [6, 6.07) is 0. The fourth-order valence-corrected chi connectivity index (χ4v) is 15.8. The predicted octanol–water partition coefficient (Wildman–Crippen LogP) is -0.474. The number of rotatable bonds is 13. The number of esters is 1. The number of carbonyl (C=O) groups excluding carboxylic acids is 1. The van der Waals surface area contributed by atoms with Crippen molar-refractivity contribution in [2.75, 3.05) is 40.1 Å². The normalized spacial score (nSPS) is 45.4. The van der Waals surface area contributed by atoms with E-state index in [2.05, 4.69) is 33.8 Å². The Morgan fingerprint density at radius 1 is 0.659 bits per heavy atom. The molecule has 3 heterocycles. The Hall–Kier alpha value is -3.66. The maximum atomic E-state index is 12.2. The van der Waals surface area contributed by atoms with E-state index in [4.69, 9.17) is 43.4 Å². The van der Waals surface area contributed by atoms with Gasteiger partial charge in [0.05, 0.1) is 56.8 Å². The highest BCUT2D eigenvalue weighted by Crippen LogP contribution is 2.76. The fourth-order valence-electron chi connectivity index (χ4n) is 15.8. The number of hydrogen-bond acceptors (Lipinski definition) is 24. The molecule has 0 amide bonds. The van der Waals surface area contributed by atoms with Gasteiger partial charge in [-0.3, -0.25) is 4.79 Å². The Labute approximate surface area is 513 Å². The van der Waals surface area contributed by atoms with E-state index in [-0.39, 0.29) is 46.9 Å². The van der Waals surface area contributed by atoms with Crippen LogP contribution < -0.4 is 0 Å². The molecule has 0 radical (unpaired) electrons. The highest BCUT2D eigenvalue weighted by atomic mass is 16.7. The molecule has 0 spiro atoms. The van der Waals surface area contributed by atoms with Crippen LogP contribution in [-0.4, -0.2) is 256 Å². The van der Waals surface area contributed by atoms with Gasteiger partial charge in [0, 0.05) is 30.6 Å². The molecule has 14 unspecified atom stereocenters. The van der Waals surface area contributed by atoms with E-state index in [9.17, 15) is 90.7 Å². The minimum Gasteiger partial charge on any atom is -0.479 e. The van der Waals surface area contributed by atoms with Crippen molar-refractivity contribution in [3.8, 4) is 0 Å². The average molecular weight is 1270 g/mol. The van der Waals surface area contributed by atoms with Gasteiger partial charge in [0.2, 0.25) is 0 Å². The van der Waals surface area contributed by atoms with Gasteiger partial charge in [0.25, 0.3) is 0 Å². The van der Waals surface area contributed by atoms with Gasteiger partial charge in [0.1, 0.15) is 73.2 Å². The van der Waals surface area contributed by atoms with Crippen molar-refractivity contribution in [2.45, 2.75) is 231 Å². The third kappa shape index (κ3) is 14.0. The molecule has 26 atom stereocenters. The summed E-state index contributed by atoms with van der Waals surface area (Å²) in [6.45, 7) is 18.9. The standard InChI is InChI=1S/C33H54O7.C18H30O16.2C5H8O2/c1-19(36)40-27-26(38)28(2,3)15-21-20-9-10-23-29(4)13-12-25(39-8)30(5,17-34)22(29)11-14-31(23,6)32(20,7)16-24(37)33(21,27)18-35;19-1-4-7(21)10(24)12(26)17(31-4)33-6-3-30-15(16(28)29)14(9(6)23)34-18-13(27)11(25)8(22)5(2-20)32-18;2*1-3-4(2)5(6)7/h9,21-27,34-35,37-38H,10-18H2,1-8H3;4-15,17-27H,1-3H2,(H,28,29);2*3H,1-2H3,(H,6,7)/b;;4-3+;4-3-/t21?,22?,23?,24-,25?,26?,27+,29?,30-,31?,32-,33?;4?,5?,6?,7-,8-,9+,10-,11-,12?,13?,14+,15?,17+,18+;;/m11../s1. The lowest BCUT2D eigenvalue weighted by atomic mass is 9.33. The summed E-state index contributed by atoms with van der Waals surface area (Å²) >= 11 is 0. The first kappa shape index (κ1) is 75.1. The average Bonchev–Trinajstić information content (AvgIpc) is 0.704. The third-order valence-electron chi connectivity index (χ3n) is 21.6. The summed E-state index contributed by atoms with van der Waals surface area (Å²) in [5.74, 6) is -3.28. The first-order valence-electron chi connectivity index (χ1n) is 30.1. The fraction of sp³-hybridized carbons (Fsp3) is 0.836. The molecule has 88 heavy (non-hydrogen) atoms. The smallest absolute Gasteiger partial charge is 0.335 e. The molecule has 16 N–H and O–H groups in total. The number of methoxy groups -OCH3 is 1. The molecule has 7 fully saturated rings. The van der Waals surface area contributed by atoms with Crippen molar-refractivity contribution in [3.05, 3.63) is 34.9 Å². The number of aliphatic hydroxyl groups is 13. The number of aliphatic carboxylic acids is 3. The molecule has 27 nitrogen and oxygen atoms in total. The SMILES string of the molecule is C/C=C(/C)C(=O)O.C/C=C(\C)C(=O)O.COC1CCC2(C)C3CC=C4C5CC(C)(C)C(O)[C@H](OC(C)=O)C5(CO)[C@H](O)C[C@@]4(C)C3(C)CCC2[C@@]1(C)CO.O=C(O)C1OCC(O[C@@H]2OC(CO)[C@@H](O)[C@@H](O)C2O)[C@H](O)[C@@H]1O[C@@H]1OC(CO)[C@@H](O)[C@@H](O)C1O. The lowest BCUT2D eigenvalue weighted by molar-refractivity contribution is -0.353. The van der Waals surface area contributed by atoms with Crippen molar-refractivity contribution >= 4 is 23.9 Å². The molecule has 506 valence electrons. The minimum atomic E-state index is -1.90. The van der Waals surface area contributed by atoms with E-state index in [0.29, 0.717) is 35.8 Å². The highest BCUT2D eigenvalue weighted by Gasteiger charge is 2.73. The maximum Gasteiger partial charge on any atom is 0.335 e. The zero-order valence-corrected chi connectivity index (χ0v) is 52.5. The number of allylic oxidation sites excluding steroid dienone is 4. The summed E-state index contributed by atoms with van der Waals surface area (Å²) in [5, 5.41) is 160. The number of ether oxygens (including phenoxy) is 7. The van der Waals surface area contributed by atoms with Crippen LogP contribution in [0, 0.1) is 50.2 Å². The van der Waals surface area contributed by atoms with E-state index in [1.807, 2.05) is 13.8 Å². The second-order valence-corrected chi connectivity index (χ2v) is 26.7. The molecule has 5 aliphatic carbocycles. The van der Waals surface area contributed by atoms with Crippen LogP contribution >= 0.6 is 0 Å². The number of fused-ring (bicyclic) bond motifs is 7. The van der Waals surface area contributed by atoms with Crippen LogP contribution in [0.25, 0.3) is 0 Å². The lowest BCUT2D eigenvalue weighted by Crippen LogP contribution is -2.72.